The lowest BCUT2D eigenvalue weighted by Crippen LogP contribution is -3.00. The Kier molecular flexibility index (Phi) is 76.7. The van der Waals surface area contributed by atoms with E-state index in [1.54, 1.807) is 0 Å². The van der Waals surface area contributed by atoms with Gasteiger partial charge in [-0.15, -0.1) is 0 Å². The molecule has 0 aliphatic rings. The molecule has 0 aliphatic carbocycles. The molecule has 0 unspecified atom stereocenters. The number of unbranched alkanes of at least 4 members (excludes halogenated alkanes) is 1. The normalized spacial score (nSPS) is 6.00. The fraction of sp³-hybridized carbons (Fsp3) is 1.00. The van der Waals surface area contributed by atoms with Crippen LogP contribution in [0.3, 0.4) is 0 Å². The summed E-state index contributed by atoms with van der Waals surface area (Å²) < 4.78 is 0. The summed E-state index contributed by atoms with van der Waals surface area (Å²) in [6, 6.07) is 0. The highest BCUT2D eigenvalue weighted by molar-refractivity contribution is 4.24. The lowest BCUT2D eigenvalue weighted by Gasteiger charge is -1.85. The van der Waals surface area contributed by atoms with Crippen LogP contribution in [0.4, 0.5) is 0 Å². The van der Waals surface area contributed by atoms with Crippen molar-refractivity contribution in [2.24, 2.45) is 0 Å². The molecular weight excluding hydrogens is 179 g/mol. The van der Waals surface area contributed by atoms with Crippen molar-refractivity contribution in [2.75, 3.05) is 6.61 Å². The van der Waals surface area contributed by atoms with Gasteiger partial charge in [-0.05, 0) is 6.42 Å². The standard InChI is InChI=1S/C4H12NO.2ClH.H4NO/c1-2-3-4-6-5;;;1-2/h2-4H2,1,5H3;2*1H;2H,1H3/q+1;;;+1/p-2. The maximum Gasteiger partial charge on any atom is 0.106 e. The molecule has 0 radical (unpaired) electrons. The molecule has 0 heterocycles. The minimum absolute atomic E-state index is 0. The molecule has 0 fully saturated rings. The number of halogens is 2. The molecule has 0 rings (SSSR count). The first-order valence-corrected chi connectivity index (χ1v) is 2.60. The average Bonchev–Trinajstić information content (AvgIpc) is 1.88. The molecule has 0 aliphatic heterocycles. The van der Waals surface area contributed by atoms with E-state index >= 15 is 0 Å². The molecule has 0 saturated carbocycles. The van der Waals surface area contributed by atoms with Gasteiger partial charge in [0.05, 0.1) is 0 Å². The molecule has 0 atom stereocenters. The zero-order valence-electron chi connectivity index (χ0n) is 6.15. The van der Waals surface area contributed by atoms with Gasteiger partial charge in [-0.25, -0.2) is 21.8 Å². The summed E-state index contributed by atoms with van der Waals surface area (Å²) in [6.07, 6.45) is 2.32. The fourth-order valence-corrected chi connectivity index (χ4v) is 0.246. The van der Waals surface area contributed by atoms with Gasteiger partial charge in [0.1, 0.15) is 6.61 Å². The molecule has 0 bridgehead atoms. The van der Waals surface area contributed by atoms with E-state index in [4.69, 9.17) is 5.21 Å². The van der Waals surface area contributed by atoms with Gasteiger partial charge >= 0.3 is 0 Å². The summed E-state index contributed by atoms with van der Waals surface area (Å²) in [5, 5.41) is 6.75. The zero-order valence-corrected chi connectivity index (χ0v) is 7.66. The highest BCUT2D eigenvalue weighted by Gasteiger charge is 1.77. The van der Waals surface area contributed by atoms with Crippen LogP contribution in [-0.4, -0.2) is 11.8 Å². The van der Waals surface area contributed by atoms with E-state index in [0.29, 0.717) is 0 Å². The topological polar surface area (TPSA) is 84.7 Å². The van der Waals surface area contributed by atoms with Crippen LogP contribution in [0.5, 0.6) is 0 Å². The van der Waals surface area contributed by atoms with Crippen LogP contribution < -0.4 is 36.6 Å². The van der Waals surface area contributed by atoms with Crippen LogP contribution in [0.15, 0.2) is 0 Å². The number of quaternary nitrogens is 2. The summed E-state index contributed by atoms with van der Waals surface area (Å²) >= 11 is 0. The molecular formula is C4H16Cl2N2O2. The van der Waals surface area contributed by atoms with Crippen LogP contribution in [0.25, 0.3) is 0 Å². The van der Waals surface area contributed by atoms with Crippen molar-refractivity contribution in [3.05, 3.63) is 0 Å². The molecule has 7 N–H and O–H groups in total. The lowest BCUT2D eigenvalue weighted by molar-refractivity contribution is -0.689. The van der Waals surface area contributed by atoms with Gasteiger partial charge in [-0.3, -0.25) is 0 Å². The van der Waals surface area contributed by atoms with Gasteiger partial charge in [-0.1, -0.05) is 13.3 Å². The summed E-state index contributed by atoms with van der Waals surface area (Å²) in [6.45, 7) is 2.93. The number of hydrogen-bond donors (Lipinski definition) is 3. The smallest absolute Gasteiger partial charge is 0.106 e. The Hall–Kier alpha value is 0.420. The molecule has 68 valence electrons. The Balaban J connectivity index is -0.0000000412. The Bertz CT molecular complexity index is 31.2. The predicted molar refractivity (Wildman–Crippen MR) is 28.4 cm³/mol. The van der Waals surface area contributed by atoms with Crippen LogP contribution in [0.2, 0.25) is 0 Å². The molecule has 4 nitrogen and oxygen atoms in total. The Morgan fingerprint density at radius 2 is 1.70 bits per heavy atom. The van der Waals surface area contributed by atoms with E-state index in [1.165, 1.54) is 6.42 Å². The summed E-state index contributed by atoms with van der Waals surface area (Å²) in [7, 11) is 0. The van der Waals surface area contributed by atoms with Crippen molar-refractivity contribution in [1.29, 1.82) is 0 Å². The van der Waals surface area contributed by atoms with E-state index in [9.17, 15) is 0 Å². The summed E-state index contributed by atoms with van der Waals surface area (Å²) in [5.74, 6) is 5.47. The molecule has 0 aromatic heterocycles. The van der Waals surface area contributed by atoms with Crippen molar-refractivity contribution in [3.8, 4) is 0 Å². The van der Waals surface area contributed by atoms with E-state index in [0.717, 1.165) is 13.0 Å². The second kappa shape index (κ2) is 34.2. The van der Waals surface area contributed by atoms with Gasteiger partial charge < -0.3 is 24.8 Å². The van der Waals surface area contributed by atoms with Crippen LogP contribution in [0.1, 0.15) is 19.8 Å². The first kappa shape index (κ1) is 22.4. The van der Waals surface area contributed by atoms with Crippen molar-refractivity contribution in [3.63, 3.8) is 0 Å². The molecule has 0 saturated heterocycles. The monoisotopic (exact) mass is 194 g/mol. The first-order valence-electron chi connectivity index (χ1n) is 2.60. The Morgan fingerprint density at radius 1 is 1.30 bits per heavy atom. The zero-order chi connectivity index (χ0) is 6.83. The number of hydrogen-bond acceptors (Lipinski definition) is 2. The third-order valence-electron chi connectivity index (χ3n) is 0.642. The van der Waals surface area contributed by atoms with Crippen molar-refractivity contribution >= 4 is 0 Å². The van der Waals surface area contributed by atoms with Gasteiger partial charge in [-0.2, -0.15) is 0 Å². The second-order valence-corrected chi connectivity index (χ2v) is 1.26. The van der Waals surface area contributed by atoms with Crippen molar-refractivity contribution in [1.82, 2.24) is 0 Å². The fourth-order valence-electron chi connectivity index (χ4n) is 0.246. The Morgan fingerprint density at radius 3 is 1.80 bits per heavy atom. The van der Waals surface area contributed by atoms with Gasteiger partial charge in [0.2, 0.25) is 0 Å². The number of rotatable bonds is 3. The molecule has 0 aromatic carbocycles. The average molecular weight is 195 g/mol. The molecule has 0 aromatic rings. The third-order valence-corrected chi connectivity index (χ3v) is 0.642. The predicted octanol–water partition coefficient (Wildman–Crippen LogP) is -7.41. The molecule has 0 amide bonds. The van der Waals surface area contributed by atoms with Crippen LogP contribution >= 0.6 is 0 Å². The SMILES string of the molecule is CCCCO[NH3+].[Cl-].[Cl-].[NH3+]O. The van der Waals surface area contributed by atoms with E-state index < -0.39 is 0 Å². The Labute approximate surface area is 73.6 Å². The highest BCUT2D eigenvalue weighted by Crippen LogP contribution is 1.81. The second-order valence-electron chi connectivity index (χ2n) is 1.26. The lowest BCUT2D eigenvalue weighted by atomic mass is 10.4. The molecule has 10 heavy (non-hydrogen) atoms. The van der Waals surface area contributed by atoms with Crippen LogP contribution in [0, 0.1) is 0 Å². The third kappa shape index (κ3) is 39.6. The van der Waals surface area contributed by atoms with Gasteiger partial charge in [0.15, 0.2) is 0 Å². The quantitative estimate of drug-likeness (QED) is 0.308. The van der Waals surface area contributed by atoms with Crippen LogP contribution in [-0.2, 0) is 4.84 Å². The van der Waals surface area contributed by atoms with Gasteiger partial charge in [0.25, 0.3) is 0 Å². The maximum atomic E-state index is 6.75. The van der Waals surface area contributed by atoms with Crippen molar-refractivity contribution < 1.29 is 46.7 Å². The largest absolute Gasteiger partial charge is 1.00 e. The van der Waals surface area contributed by atoms with E-state index in [-0.39, 0.29) is 24.8 Å². The van der Waals surface area contributed by atoms with Gasteiger partial charge in [0, 0.05) is 0 Å². The highest BCUT2D eigenvalue weighted by atomic mass is 35.5. The van der Waals surface area contributed by atoms with E-state index in [1.807, 2.05) is 0 Å². The first-order chi connectivity index (χ1) is 3.91. The minimum Gasteiger partial charge on any atom is -1.00 e. The summed E-state index contributed by atoms with van der Waals surface area (Å²) in [5.41, 5.74) is 0. The maximum absolute atomic E-state index is 6.75. The van der Waals surface area contributed by atoms with Crippen molar-refractivity contribution in [2.45, 2.75) is 19.8 Å². The van der Waals surface area contributed by atoms with E-state index in [2.05, 4.69) is 23.6 Å². The molecule has 6 heteroatoms. The molecule has 0 spiro atoms. The summed E-state index contributed by atoms with van der Waals surface area (Å²) in [4.78, 5) is 4.53. The minimum atomic E-state index is 0.